The van der Waals surface area contributed by atoms with Gasteiger partial charge >= 0.3 is 0 Å². The summed E-state index contributed by atoms with van der Waals surface area (Å²) in [5, 5.41) is 11.5. The third kappa shape index (κ3) is 5.89. The van der Waals surface area contributed by atoms with E-state index in [0.717, 1.165) is 82.4 Å². The molecule has 76 heavy (non-hydrogen) atoms. The summed E-state index contributed by atoms with van der Waals surface area (Å²) < 4.78 is 47.6. The van der Waals surface area contributed by atoms with E-state index in [0.29, 0.717) is 22.3 Å². The molecule has 0 atom stereocenters. The van der Waals surface area contributed by atoms with Crippen molar-refractivity contribution < 1.29 is 8.78 Å². The topological polar surface area (TPSA) is 14.8 Å². The Bertz CT molecular complexity index is 4830. The van der Waals surface area contributed by atoms with Gasteiger partial charge in [-0.25, -0.2) is 8.78 Å². The molecule has 16 aromatic rings. The van der Waals surface area contributed by atoms with Crippen LogP contribution in [0.25, 0.3) is 139 Å². The minimum atomic E-state index is -1.02. The highest BCUT2D eigenvalue weighted by atomic mass is 32.1. The number of halogens is 2. The Kier molecular flexibility index (Phi) is 9.20. The van der Waals surface area contributed by atoms with E-state index >= 15 is 8.78 Å². The van der Waals surface area contributed by atoms with Gasteiger partial charge in [-0.05, 0) is 86.1 Å². The maximum atomic E-state index is 17.8. The van der Waals surface area contributed by atoms with Crippen molar-refractivity contribution in [2.24, 2.45) is 0 Å². The molecule has 360 valence electrons. The van der Waals surface area contributed by atoms with Crippen LogP contribution in [0.4, 0.5) is 8.78 Å². The number of aromatic nitrogens is 3. The summed E-state index contributed by atoms with van der Waals surface area (Å²) in [5.74, 6) is -0.737. The molecular formula is C69H43F2N3S2. The molecule has 0 spiro atoms. The average molecular weight is 1020 g/mol. The van der Waals surface area contributed by atoms with Crippen LogP contribution in [0.1, 0.15) is 19.4 Å². The molecule has 0 N–H and O–H groups in total. The standard InChI is InChI=1S/C69H43F2N3S2/c1-69(2,74-54-31-15-5-19-40(54)41-20-6-16-32-55(41)74)66-62(46-23-3-11-27-50(46)70)58(72-52-29-13-7-25-48(52)64-56(72)37-35-44-42-21-9-17-33-60(42)75-67(44)64)39-59(63(66)47-24-4-12-28-51(47)71)73-53-30-14-8-26-49(53)65-57(73)38-36-45-43-22-10-18-34-61(43)76-68(45)65/h3-39H,1-2H3. The van der Waals surface area contributed by atoms with Gasteiger partial charge in [0.15, 0.2) is 0 Å². The highest BCUT2D eigenvalue weighted by Gasteiger charge is 2.38. The number of thiophene rings is 2. The fraction of sp³-hybridized carbons (Fsp3) is 0.0435. The number of nitrogens with zero attached hydrogens (tertiary/aromatic N) is 3. The van der Waals surface area contributed by atoms with E-state index < -0.39 is 5.54 Å². The van der Waals surface area contributed by atoms with Gasteiger partial charge in [-0.15, -0.1) is 22.7 Å². The lowest BCUT2D eigenvalue weighted by Gasteiger charge is -2.37. The zero-order valence-corrected chi connectivity index (χ0v) is 42.9. The maximum Gasteiger partial charge on any atom is 0.131 e. The predicted octanol–water partition coefficient (Wildman–Crippen LogP) is 20.1. The summed E-state index contributed by atoms with van der Waals surface area (Å²) in [6, 6.07) is 77.2. The molecule has 5 heterocycles. The van der Waals surface area contributed by atoms with Crippen LogP contribution < -0.4 is 0 Å². The number of hydrogen-bond acceptors (Lipinski definition) is 2. The van der Waals surface area contributed by atoms with Crippen molar-refractivity contribution in [2.75, 3.05) is 0 Å². The van der Waals surface area contributed by atoms with Crippen molar-refractivity contribution in [1.29, 1.82) is 0 Å². The molecule has 0 unspecified atom stereocenters. The average Bonchev–Trinajstić information content (AvgIpc) is 4.45. The van der Waals surface area contributed by atoms with Crippen LogP contribution in [0.5, 0.6) is 0 Å². The number of hydrogen-bond donors (Lipinski definition) is 0. The summed E-state index contributed by atoms with van der Waals surface area (Å²) in [4.78, 5) is 0. The first-order valence-electron chi connectivity index (χ1n) is 25.7. The molecule has 0 aliphatic heterocycles. The second-order valence-corrected chi connectivity index (χ2v) is 22.6. The first-order chi connectivity index (χ1) is 37.3. The van der Waals surface area contributed by atoms with Crippen LogP contribution in [0.2, 0.25) is 0 Å². The van der Waals surface area contributed by atoms with E-state index in [9.17, 15) is 0 Å². The first-order valence-corrected chi connectivity index (χ1v) is 27.4. The SMILES string of the molecule is CC(C)(c1c(-c2ccccc2F)c(-n2c3ccccc3c3c4sc5ccccc5c4ccc32)cc(-n2c3ccccc3c3c4sc5ccccc5c4ccc32)c1-c1ccccc1F)n1c2ccccc2c2ccccc21. The van der Waals surface area contributed by atoms with Crippen molar-refractivity contribution in [2.45, 2.75) is 19.4 Å². The Hall–Kier alpha value is -8.88. The largest absolute Gasteiger partial charge is 0.331 e. The maximum absolute atomic E-state index is 17.8. The van der Waals surface area contributed by atoms with Crippen LogP contribution in [-0.4, -0.2) is 13.7 Å². The molecule has 11 aromatic carbocycles. The Balaban J connectivity index is 1.18. The molecule has 7 heteroatoms. The van der Waals surface area contributed by atoms with E-state index in [1.165, 1.54) is 40.3 Å². The second kappa shape index (κ2) is 16.1. The molecule has 0 radical (unpaired) electrons. The Morgan fingerprint density at radius 3 is 1.16 bits per heavy atom. The number of fused-ring (bicyclic) bond motifs is 17. The van der Waals surface area contributed by atoms with Crippen molar-refractivity contribution in [3.05, 3.63) is 242 Å². The molecular weight excluding hydrogens is 973 g/mol. The zero-order chi connectivity index (χ0) is 50.6. The van der Waals surface area contributed by atoms with Crippen LogP contribution in [0.15, 0.2) is 224 Å². The zero-order valence-electron chi connectivity index (χ0n) is 41.3. The molecule has 0 aliphatic rings. The lowest BCUT2D eigenvalue weighted by atomic mass is 9.78. The van der Waals surface area contributed by atoms with Gasteiger partial charge in [0.25, 0.3) is 0 Å². The first kappa shape index (κ1) is 43.5. The van der Waals surface area contributed by atoms with Crippen molar-refractivity contribution in [1.82, 2.24) is 13.7 Å². The molecule has 0 fully saturated rings. The third-order valence-corrected chi connectivity index (χ3v) is 18.6. The highest BCUT2D eigenvalue weighted by Crippen LogP contribution is 2.54. The lowest BCUT2D eigenvalue weighted by molar-refractivity contribution is 0.466. The summed E-state index contributed by atoms with van der Waals surface area (Å²) in [6.45, 7) is 4.48. The van der Waals surface area contributed by atoms with E-state index in [4.69, 9.17) is 0 Å². The molecule has 0 amide bonds. The summed E-state index contributed by atoms with van der Waals surface area (Å²) in [7, 11) is 0. The number of para-hydroxylation sites is 4. The molecule has 0 saturated carbocycles. The Labute approximate surface area is 442 Å². The molecule has 3 nitrogen and oxygen atoms in total. The van der Waals surface area contributed by atoms with Crippen LogP contribution in [0, 0.1) is 11.6 Å². The number of rotatable bonds is 6. The van der Waals surface area contributed by atoms with Gasteiger partial charge in [0, 0.05) is 106 Å². The minimum Gasteiger partial charge on any atom is -0.331 e. The minimum absolute atomic E-state index is 0.369. The van der Waals surface area contributed by atoms with Gasteiger partial charge in [-0.2, -0.15) is 0 Å². The summed E-state index contributed by atoms with van der Waals surface area (Å²) >= 11 is 3.62. The smallest absolute Gasteiger partial charge is 0.131 e. The van der Waals surface area contributed by atoms with E-state index in [1.54, 1.807) is 24.3 Å². The highest BCUT2D eigenvalue weighted by molar-refractivity contribution is 7.27. The van der Waals surface area contributed by atoms with Gasteiger partial charge in [-0.1, -0.05) is 158 Å². The van der Waals surface area contributed by atoms with Gasteiger partial charge in [0.1, 0.15) is 11.6 Å². The Morgan fingerprint density at radius 1 is 0.342 bits per heavy atom. The molecule has 5 aromatic heterocycles. The van der Waals surface area contributed by atoms with E-state index in [1.807, 2.05) is 46.9 Å². The lowest BCUT2D eigenvalue weighted by Crippen LogP contribution is -2.30. The normalized spacial score (nSPS) is 12.5. The van der Waals surface area contributed by atoms with Crippen molar-refractivity contribution >= 4 is 128 Å². The number of benzene rings is 11. The van der Waals surface area contributed by atoms with E-state index in [-0.39, 0.29) is 11.6 Å². The van der Waals surface area contributed by atoms with Crippen LogP contribution in [-0.2, 0) is 5.54 Å². The van der Waals surface area contributed by atoms with Gasteiger partial charge in [-0.3, -0.25) is 0 Å². The van der Waals surface area contributed by atoms with Crippen molar-refractivity contribution in [3.63, 3.8) is 0 Å². The van der Waals surface area contributed by atoms with Crippen LogP contribution in [0.3, 0.4) is 0 Å². The predicted molar refractivity (Wildman–Crippen MR) is 320 cm³/mol. The van der Waals surface area contributed by atoms with Gasteiger partial charge in [0.05, 0.1) is 39.0 Å². The van der Waals surface area contributed by atoms with E-state index in [2.05, 4.69) is 203 Å². The van der Waals surface area contributed by atoms with Crippen LogP contribution >= 0.6 is 22.7 Å². The molecule has 0 aliphatic carbocycles. The third-order valence-electron chi connectivity index (χ3n) is 16.2. The second-order valence-electron chi connectivity index (χ2n) is 20.5. The van der Waals surface area contributed by atoms with Gasteiger partial charge in [0.2, 0.25) is 0 Å². The fourth-order valence-electron chi connectivity index (χ4n) is 13.1. The molecule has 0 saturated heterocycles. The molecule has 0 bridgehead atoms. The molecule has 16 rings (SSSR count). The quantitative estimate of drug-likeness (QED) is 0.158. The van der Waals surface area contributed by atoms with Crippen molar-refractivity contribution in [3.8, 4) is 33.6 Å². The fourth-order valence-corrected chi connectivity index (χ4v) is 15.6. The Morgan fingerprint density at radius 2 is 0.711 bits per heavy atom. The summed E-state index contributed by atoms with van der Waals surface area (Å²) in [5.41, 5.74) is 9.55. The summed E-state index contributed by atoms with van der Waals surface area (Å²) in [6.07, 6.45) is 0. The monoisotopic (exact) mass is 1020 g/mol. The van der Waals surface area contributed by atoms with Gasteiger partial charge < -0.3 is 13.7 Å².